The van der Waals surface area contributed by atoms with E-state index in [2.05, 4.69) is 25.8 Å². The van der Waals surface area contributed by atoms with Crippen molar-refractivity contribution < 1.29 is 9.53 Å². The van der Waals surface area contributed by atoms with Gasteiger partial charge in [-0.05, 0) is 0 Å². The van der Waals surface area contributed by atoms with Crippen molar-refractivity contribution in [1.82, 2.24) is 9.78 Å². The fourth-order valence-corrected chi connectivity index (χ4v) is 1.28. The highest BCUT2D eigenvalue weighted by atomic mass is 79.9. The number of nitrogens with zero attached hydrogens (tertiary/aromatic N) is 2. The number of aromatic nitrogens is 2. The third kappa shape index (κ3) is 2.23. The molecule has 0 amide bonds. The first kappa shape index (κ1) is 11.0. The average molecular weight is 259 g/mol. The first-order valence-electron chi connectivity index (χ1n) is 4.03. The number of alkyl halides is 1. The van der Waals surface area contributed by atoms with Crippen molar-refractivity contribution in [2.75, 3.05) is 12.4 Å². The van der Waals surface area contributed by atoms with Gasteiger partial charge in [-0.2, -0.15) is 5.10 Å². The molecule has 0 aliphatic rings. The van der Waals surface area contributed by atoms with E-state index >= 15 is 0 Å². The molecular formula is C9H11BrN2O2. The van der Waals surface area contributed by atoms with Gasteiger partial charge in [0.15, 0.2) is 5.69 Å². The first-order valence-corrected chi connectivity index (χ1v) is 5.15. The number of methoxy groups -OCH3 is 1. The summed E-state index contributed by atoms with van der Waals surface area (Å²) in [7, 11) is 3.06. The predicted octanol–water partition coefficient (Wildman–Crippen LogP) is 1.61. The lowest BCUT2D eigenvalue weighted by molar-refractivity contribution is 0.0588. The molecule has 0 radical (unpaired) electrons. The molecule has 1 aromatic heterocycles. The Labute approximate surface area is 90.7 Å². The molecule has 1 heterocycles. The van der Waals surface area contributed by atoms with Gasteiger partial charge in [0.2, 0.25) is 0 Å². The van der Waals surface area contributed by atoms with E-state index in [-0.39, 0.29) is 5.97 Å². The first-order chi connectivity index (χ1) is 6.70. The van der Waals surface area contributed by atoms with Crippen LogP contribution in [0.1, 0.15) is 16.1 Å². The van der Waals surface area contributed by atoms with Gasteiger partial charge >= 0.3 is 5.97 Å². The van der Waals surface area contributed by atoms with Gasteiger partial charge < -0.3 is 4.74 Å². The Balaban J connectivity index is 3.06. The summed E-state index contributed by atoms with van der Waals surface area (Å²) in [4.78, 5) is 11.4. The number of halogens is 1. The van der Waals surface area contributed by atoms with Crippen LogP contribution in [-0.2, 0) is 11.8 Å². The Kier molecular flexibility index (Phi) is 3.88. The second-order valence-electron chi connectivity index (χ2n) is 2.62. The lowest BCUT2D eigenvalue weighted by Crippen LogP contribution is -2.09. The van der Waals surface area contributed by atoms with Gasteiger partial charge in [-0.15, -0.1) is 0 Å². The van der Waals surface area contributed by atoms with Crippen LogP contribution in [0.2, 0.25) is 0 Å². The van der Waals surface area contributed by atoms with Crippen molar-refractivity contribution in [2.45, 2.75) is 0 Å². The van der Waals surface area contributed by atoms with Crippen molar-refractivity contribution in [3.8, 4) is 0 Å². The van der Waals surface area contributed by atoms with Gasteiger partial charge in [-0.25, -0.2) is 4.79 Å². The largest absolute Gasteiger partial charge is 0.464 e. The van der Waals surface area contributed by atoms with E-state index in [1.165, 1.54) is 11.8 Å². The molecule has 0 spiro atoms. The molecule has 5 heteroatoms. The summed E-state index contributed by atoms with van der Waals surface area (Å²) in [6.45, 7) is 0. The van der Waals surface area contributed by atoms with Crippen LogP contribution in [0.5, 0.6) is 0 Å². The van der Waals surface area contributed by atoms with E-state index in [9.17, 15) is 4.79 Å². The monoisotopic (exact) mass is 258 g/mol. The molecule has 1 rings (SSSR count). The van der Waals surface area contributed by atoms with E-state index in [0.717, 1.165) is 10.9 Å². The van der Waals surface area contributed by atoms with Crippen LogP contribution in [0.25, 0.3) is 6.08 Å². The number of ether oxygens (including phenoxy) is 1. The Morgan fingerprint density at radius 1 is 1.79 bits per heavy atom. The zero-order valence-corrected chi connectivity index (χ0v) is 9.61. The number of hydrogen-bond donors (Lipinski definition) is 0. The smallest absolute Gasteiger partial charge is 0.356 e. The second-order valence-corrected chi connectivity index (χ2v) is 3.27. The molecule has 0 saturated carbocycles. The molecule has 0 N–H and O–H groups in total. The van der Waals surface area contributed by atoms with E-state index in [1.807, 2.05) is 12.2 Å². The third-order valence-electron chi connectivity index (χ3n) is 1.73. The molecule has 0 aliphatic carbocycles. The van der Waals surface area contributed by atoms with E-state index < -0.39 is 0 Å². The summed E-state index contributed by atoms with van der Waals surface area (Å²) in [5.41, 5.74) is 1.23. The number of esters is 1. The minimum atomic E-state index is -0.376. The number of carbonyl (C=O) groups is 1. The summed E-state index contributed by atoms with van der Waals surface area (Å²) in [5, 5.41) is 4.73. The van der Waals surface area contributed by atoms with Crippen molar-refractivity contribution in [3.05, 3.63) is 23.5 Å². The van der Waals surface area contributed by atoms with Crippen LogP contribution in [0.3, 0.4) is 0 Å². The summed E-state index contributed by atoms with van der Waals surface area (Å²) >= 11 is 3.26. The van der Waals surface area contributed by atoms with Crippen molar-refractivity contribution in [2.24, 2.45) is 7.05 Å². The molecule has 14 heavy (non-hydrogen) atoms. The summed E-state index contributed by atoms with van der Waals surface area (Å²) in [5.74, 6) is -0.376. The fourth-order valence-electron chi connectivity index (χ4n) is 1.09. The maximum Gasteiger partial charge on any atom is 0.356 e. The molecule has 1 aromatic rings. The zero-order chi connectivity index (χ0) is 10.6. The summed E-state index contributed by atoms with van der Waals surface area (Å²) in [6, 6.07) is 0. The quantitative estimate of drug-likeness (QED) is 0.612. The van der Waals surface area contributed by atoms with Crippen LogP contribution in [-0.4, -0.2) is 28.2 Å². The Hall–Kier alpha value is -1.10. The van der Waals surface area contributed by atoms with Crippen LogP contribution in [0.4, 0.5) is 0 Å². The Morgan fingerprint density at radius 2 is 2.50 bits per heavy atom. The fraction of sp³-hybridized carbons (Fsp3) is 0.333. The number of hydrogen-bond acceptors (Lipinski definition) is 3. The number of carbonyl (C=O) groups excluding carboxylic acids is 1. The molecule has 0 bridgehead atoms. The number of allylic oxidation sites excluding steroid dienone is 1. The number of aryl methyl sites for hydroxylation is 1. The third-order valence-corrected chi connectivity index (χ3v) is 2.11. The maximum atomic E-state index is 11.4. The van der Waals surface area contributed by atoms with Crippen LogP contribution >= 0.6 is 15.9 Å². The van der Waals surface area contributed by atoms with Crippen LogP contribution in [0, 0.1) is 0 Å². The normalized spacial score (nSPS) is 10.8. The van der Waals surface area contributed by atoms with Gasteiger partial charge in [0, 0.05) is 17.9 Å². The summed E-state index contributed by atoms with van der Waals surface area (Å²) in [6.07, 6.45) is 5.35. The molecule has 0 fully saturated rings. The van der Waals surface area contributed by atoms with Gasteiger partial charge in [0.05, 0.1) is 13.3 Å². The Bertz CT molecular complexity index is 358. The highest BCUT2D eigenvalue weighted by molar-refractivity contribution is 9.09. The van der Waals surface area contributed by atoms with Crippen LogP contribution in [0.15, 0.2) is 12.3 Å². The lowest BCUT2D eigenvalue weighted by atomic mass is 10.2. The molecule has 0 atom stereocenters. The van der Waals surface area contributed by atoms with Gasteiger partial charge in [0.25, 0.3) is 0 Å². The topological polar surface area (TPSA) is 44.1 Å². The molecule has 0 unspecified atom stereocenters. The van der Waals surface area contributed by atoms with Crippen LogP contribution < -0.4 is 0 Å². The standard InChI is InChI=1S/C9H11BrN2O2/c1-12-8(9(13)14-2)7(6-11-12)4-3-5-10/h3-4,6H,5H2,1-2H3. The SMILES string of the molecule is COC(=O)c1c(C=CCBr)cnn1C. The number of rotatable bonds is 3. The minimum Gasteiger partial charge on any atom is -0.464 e. The summed E-state index contributed by atoms with van der Waals surface area (Å²) < 4.78 is 6.15. The van der Waals surface area contributed by atoms with Gasteiger partial charge in [-0.3, -0.25) is 4.68 Å². The van der Waals surface area contributed by atoms with E-state index in [1.54, 1.807) is 13.2 Å². The highest BCUT2D eigenvalue weighted by Gasteiger charge is 2.14. The zero-order valence-electron chi connectivity index (χ0n) is 8.03. The highest BCUT2D eigenvalue weighted by Crippen LogP contribution is 2.10. The molecule has 0 aromatic carbocycles. The maximum absolute atomic E-state index is 11.4. The Morgan fingerprint density at radius 3 is 3.07 bits per heavy atom. The molecular weight excluding hydrogens is 248 g/mol. The molecule has 76 valence electrons. The minimum absolute atomic E-state index is 0.376. The van der Waals surface area contributed by atoms with E-state index in [0.29, 0.717) is 5.69 Å². The lowest BCUT2D eigenvalue weighted by Gasteiger charge is -2.00. The molecule has 0 aliphatic heterocycles. The second kappa shape index (κ2) is 4.95. The van der Waals surface area contributed by atoms with E-state index in [4.69, 9.17) is 0 Å². The van der Waals surface area contributed by atoms with Crippen molar-refractivity contribution >= 4 is 28.0 Å². The molecule has 4 nitrogen and oxygen atoms in total. The predicted molar refractivity (Wildman–Crippen MR) is 57.4 cm³/mol. The van der Waals surface area contributed by atoms with Gasteiger partial charge in [0.1, 0.15) is 0 Å². The van der Waals surface area contributed by atoms with Crippen molar-refractivity contribution in [3.63, 3.8) is 0 Å². The molecule has 0 saturated heterocycles. The van der Waals surface area contributed by atoms with Crippen molar-refractivity contribution in [1.29, 1.82) is 0 Å². The average Bonchev–Trinajstić information content (AvgIpc) is 2.55. The van der Waals surface area contributed by atoms with Gasteiger partial charge in [-0.1, -0.05) is 28.1 Å².